The molecule has 0 aliphatic rings. The second-order valence-corrected chi connectivity index (χ2v) is 7.34. The number of rotatable bonds is 6. The third-order valence-electron chi connectivity index (χ3n) is 2.78. The minimum absolute atomic E-state index is 0.0264. The highest BCUT2D eigenvalue weighted by Crippen LogP contribution is 2.21. The fourth-order valence-electron chi connectivity index (χ4n) is 1.73. The fraction of sp³-hybridized carbons (Fsp3) is 0.214. The van der Waals surface area contributed by atoms with Crippen molar-refractivity contribution >= 4 is 26.0 Å². The van der Waals surface area contributed by atoms with Crippen LogP contribution in [0.2, 0.25) is 0 Å². The summed E-state index contributed by atoms with van der Waals surface area (Å²) in [5.74, 6) is -0.272. The van der Waals surface area contributed by atoms with E-state index in [1.807, 2.05) is 0 Å². The molecule has 0 bridgehead atoms. The topological polar surface area (TPSA) is 68.3 Å². The summed E-state index contributed by atoms with van der Waals surface area (Å²) in [4.78, 5) is 3.73. The Labute approximate surface area is 145 Å². The molecular formula is C14H12BrF3N2O3S. The lowest BCUT2D eigenvalue weighted by Crippen LogP contribution is -2.24. The van der Waals surface area contributed by atoms with Gasteiger partial charge in [-0.05, 0) is 24.3 Å². The van der Waals surface area contributed by atoms with Crippen molar-refractivity contribution in [1.82, 2.24) is 9.71 Å². The number of nitrogens with one attached hydrogen (secondary N) is 1. The Morgan fingerprint density at radius 2 is 1.96 bits per heavy atom. The zero-order valence-corrected chi connectivity index (χ0v) is 14.5. The highest BCUT2D eigenvalue weighted by molar-refractivity contribution is 9.10. The molecule has 1 aromatic carbocycles. The Hall–Kier alpha value is -1.65. The first-order valence-corrected chi connectivity index (χ1v) is 8.84. The Kier molecular flexibility index (Phi) is 5.83. The maximum atomic E-state index is 12.2. The van der Waals surface area contributed by atoms with E-state index in [-0.39, 0.29) is 22.9 Å². The second kappa shape index (κ2) is 7.49. The molecule has 0 saturated carbocycles. The van der Waals surface area contributed by atoms with E-state index in [0.29, 0.717) is 4.47 Å². The van der Waals surface area contributed by atoms with Gasteiger partial charge in [0.15, 0.2) is 6.61 Å². The van der Waals surface area contributed by atoms with Gasteiger partial charge in [-0.2, -0.15) is 13.2 Å². The summed E-state index contributed by atoms with van der Waals surface area (Å²) in [5, 5.41) is 0. The molecule has 2 aromatic rings. The Balaban J connectivity index is 2.12. The molecule has 0 unspecified atom stereocenters. The Morgan fingerprint density at radius 1 is 1.21 bits per heavy atom. The lowest BCUT2D eigenvalue weighted by Gasteiger charge is -2.12. The first-order valence-electron chi connectivity index (χ1n) is 6.56. The number of hydrogen-bond donors (Lipinski definition) is 1. The normalized spacial score (nSPS) is 12.2. The number of pyridine rings is 1. The van der Waals surface area contributed by atoms with Crippen LogP contribution in [0.15, 0.2) is 52.0 Å². The van der Waals surface area contributed by atoms with Crippen molar-refractivity contribution in [2.24, 2.45) is 0 Å². The summed E-state index contributed by atoms with van der Waals surface area (Å²) in [6, 6.07) is 8.94. The number of nitrogens with zero attached hydrogens (tertiary/aromatic N) is 1. The van der Waals surface area contributed by atoms with Gasteiger partial charge in [-0.15, -0.1) is 0 Å². The highest BCUT2D eigenvalue weighted by Gasteiger charge is 2.29. The van der Waals surface area contributed by atoms with Gasteiger partial charge in [0, 0.05) is 22.8 Å². The lowest BCUT2D eigenvalue weighted by atomic mass is 10.3. The molecule has 0 atom stereocenters. The van der Waals surface area contributed by atoms with Gasteiger partial charge < -0.3 is 4.74 Å². The summed E-state index contributed by atoms with van der Waals surface area (Å²) in [6.45, 7) is -1.76. The molecule has 0 aliphatic carbocycles. The average Bonchev–Trinajstić information content (AvgIpc) is 2.51. The van der Waals surface area contributed by atoms with E-state index in [2.05, 4.69) is 30.4 Å². The SMILES string of the molecule is O=S(=O)(NCc1cccnc1OCC(F)(F)F)c1cccc(Br)c1. The quantitative estimate of drug-likeness (QED) is 0.772. The van der Waals surface area contributed by atoms with Gasteiger partial charge in [-0.25, -0.2) is 18.1 Å². The van der Waals surface area contributed by atoms with Crippen LogP contribution in [0, 0.1) is 0 Å². The molecule has 1 aromatic heterocycles. The molecule has 10 heteroatoms. The molecule has 130 valence electrons. The van der Waals surface area contributed by atoms with E-state index < -0.39 is 22.8 Å². The molecule has 0 radical (unpaired) electrons. The number of hydrogen-bond acceptors (Lipinski definition) is 4. The molecule has 1 heterocycles. The van der Waals surface area contributed by atoms with Crippen LogP contribution in [0.1, 0.15) is 5.56 Å². The van der Waals surface area contributed by atoms with Crippen molar-refractivity contribution in [3.8, 4) is 5.88 Å². The summed E-state index contributed by atoms with van der Waals surface area (Å²) in [7, 11) is -3.83. The van der Waals surface area contributed by atoms with E-state index in [9.17, 15) is 21.6 Å². The van der Waals surface area contributed by atoms with Crippen LogP contribution in [-0.4, -0.2) is 26.2 Å². The summed E-state index contributed by atoms with van der Waals surface area (Å²) < 4.78 is 68.6. The second-order valence-electron chi connectivity index (χ2n) is 4.65. The molecule has 0 spiro atoms. The number of alkyl halides is 3. The predicted octanol–water partition coefficient (Wildman–Crippen LogP) is 3.26. The van der Waals surface area contributed by atoms with Crippen LogP contribution < -0.4 is 9.46 Å². The highest BCUT2D eigenvalue weighted by atomic mass is 79.9. The molecule has 0 fully saturated rings. The zero-order valence-electron chi connectivity index (χ0n) is 12.0. The molecule has 0 aliphatic heterocycles. The lowest BCUT2D eigenvalue weighted by molar-refractivity contribution is -0.154. The van der Waals surface area contributed by atoms with Crippen molar-refractivity contribution in [2.75, 3.05) is 6.61 Å². The van der Waals surface area contributed by atoms with Crippen LogP contribution in [0.4, 0.5) is 13.2 Å². The molecule has 5 nitrogen and oxygen atoms in total. The number of sulfonamides is 1. The van der Waals surface area contributed by atoms with Gasteiger partial charge in [0.25, 0.3) is 0 Å². The molecule has 1 N–H and O–H groups in total. The van der Waals surface area contributed by atoms with Crippen molar-refractivity contribution in [3.05, 3.63) is 52.6 Å². The fourth-order valence-corrected chi connectivity index (χ4v) is 3.33. The number of ether oxygens (including phenoxy) is 1. The maximum Gasteiger partial charge on any atom is 0.422 e. The monoisotopic (exact) mass is 424 g/mol. The molecule has 0 saturated heterocycles. The Morgan fingerprint density at radius 3 is 2.62 bits per heavy atom. The largest absolute Gasteiger partial charge is 0.468 e. The van der Waals surface area contributed by atoms with Crippen LogP contribution in [-0.2, 0) is 16.6 Å². The third kappa shape index (κ3) is 5.46. The minimum Gasteiger partial charge on any atom is -0.468 e. The molecule has 2 rings (SSSR count). The van der Waals surface area contributed by atoms with E-state index in [1.54, 1.807) is 12.1 Å². The van der Waals surface area contributed by atoms with Crippen LogP contribution in [0.5, 0.6) is 5.88 Å². The van der Waals surface area contributed by atoms with Gasteiger partial charge in [-0.1, -0.05) is 28.1 Å². The first-order chi connectivity index (χ1) is 11.2. The Bertz CT molecular complexity index is 813. The standard InChI is InChI=1S/C14H12BrF3N2O3S/c15-11-4-1-5-12(7-11)24(21,22)20-8-10-3-2-6-19-13(10)23-9-14(16,17)18/h1-7,20H,8-9H2. The zero-order chi connectivity index (χ0) is 17.8. The summed E-state index contributed by atoms with van der Waals surface area (Å²) >= 11 is 3.17. The summed E-state index contributed by atoms with van der Waals surface area (Å²) in [5.41, 5.74) is 0.195. The molecule has 24 heavy (non-hydrogen) atoms. The van der Waals surface area contributed by atoms with E-state index in [4.69, 9.17) is 0 Å². The van der Waals surface area contributed by atoms with E-state index >= 15 is 0 Å². The van der Waals surface area contributed by atoms with Gasteiger partial charge in [0.2, 0.25) is 15.9 Å². The third-order valence-corrected chi connectivity index (χ3v) is 4.67. The van der Waals surface area contributed by atoms with Crippen molar-refractivity contribution in [1.29, 1.82) is 0 Å². The number of benzene rings is 1. The van der Waals surface area contributed by atoms with Crippen LogP contribution in [0.25, 0.3) is 0 Å². The van der Waals surface area contributed by atoms with Crippen LogP contribution >= 0.6 is 15.9 Å². The van der Waals surface area contributed by atoms with Gasteiger partial charge in [0.05, 0.1) is 4.90 Å². The van der Waals surface area contributed by atoms with Gasteiger partial charge >= 0.3 is 6.18 Å². The van der Waals surface area contributed by atoms with Gasteiger partial charge in [0.1, 0.15) is 0 Å². The van der Waals surface area contributed by atoms with Crippen molar-refractivity contribution in [3.63, 3.8) is 0 Å². The first kappa shape index (κ1) is 18.7. The number of aromatic nitrogens is 1. The van der Waals surface area contributed by atoms with Crippen molar-refractivity contribution < 1.29 is 26.3 Å². The van der Waals surface area contributed by atoms with Crippen molar-refractivity contribution in [2.45, 2.75) is 17.6 Å². The average molecular weight is 425 g/mol. The maximum absolute atomic E-state index is 12.2. The minimum atomic E-state index is -4.51. The van der Waals surface area contributed by atoms with Gasteiger partial charge in [-0.3, -0.25) is 0 Å². The molecule has 0 amide bonds. The molecular weight excluding hydrogens is 413 g/mol. The predicted molar refractivity (Wildman–Crippen MR) is 84.0 cm³/mol. The van der Waals surface area contributed by atoms with E-state index in [1.165, 1.54) is 30.5 Å². The summed E-state index contributed by atoms with van der Waals surface area (Å²) in [6.07, 6.45) is -3.25. The smallest absolute Gasteiger partial charge is 0.422 e. The van der Waals surface area contributed by atoms with Crippen LogP contribution in [0.3, 0.4) is 0 Å². The van der Waals surface area contributed by atoms with E-state index in [0.717, 1.165) is 0 Å². The number of halogens is 4.